The minimum absolute atomic E-state index is 0.0497. The van der Waals surface area contributed by atoms with E-state index in [0.717, 1.165) is 22.2 Å². The van der Waals surface area contributed by atoms with Crippen LogP contribution >= 0.6 is 0 Å². The van der Waals surface area contributed by atoms with E-state index in [-0.39, 0.29) is 25.2 Å². The smallest absolute Gasteiger partial charge is 0.435 e. The second-order valence-electron chi connectivity index (χ2n) is 8.01. The van der Waals surface area contributed by atoms with Gasteiger partial charge in [0.2, 0.25) is 0 Å². The fraction of sp³-hybridized carbons (Fsp3) is 0.250. The lowest BCUT2D eigenvalue weighted by Crippen LogP contribution is -2.41. The fourth-order valence-corrected chi connectivity index (χ4v) is 4.20. The molecule has 3 amide bonds. The highest BCUT2D eigenvalue weighted by molar-refractivity contribution is 6.01. The predicted molar refractivity (Wildman–Crippen MR) is 120 cm³/mol. The highest BCUT2D eigenvalue weighted by Crippen LogP contribution is 2.36. The van der Waals surface area contributed by atoms with Crippen molar-refractivity contribution in [2.75, 3.05) is 20.2 Å². The minimum Gasteiger partial charge on any atom is -0.496 e. The van der Waals surface area contributed by atoms with Crippen LogP contribution in [-0.2, 0) is 14.4 Å². The molecule has 4 heterocycles. The van der Waals surface area contributed by atoms with Crippen molar-refractivity contribution in [2.45, 2.75) is 19.3 Å². The zero-order valence-corrected chi connectivity index (χ0v) is 18.3. The molecular weight excluding hydrogens is 443 g/mol. The van der Waals surface area contributed by atoms with Gasteiger partial charge < -0.3 is 19.5 Å². The summed E-state index contributed by atoms with van der Waals surface area (Å²) in [5.41, 5.74) is 3.87. The quantitative estimate of drug-likeness (QED) is 0.591. The average molecular weight is 464 g/mol. The van der Waals surface area contributed by atoms with Gasteiger partial charge in [-0.25, -0.2) is 14.2 Å². The van der Waals surface area contributed by atoms with Crippen molar-refractivity contribution in [3.8, 4) is 16.9 Å². The normalized spacial score (nSPS) is 16.2. The summed E-state index contributed by atoms with van der Waals surface area (Å²) in [7, 11) is 1.54. The standard InChI is InChI=1S/C24H21FN4O5/c1-33-20-3-2-15(25)12-17(20)16-6-9-26-23-18(16)13-19(27-23)14-7-10-28(11-8-14)24(32)34-29-21(30)4-5-22(29)31/h2-3,6-7,9,12-13H,4-5,8,10-11H2,1H3,(H,26,27). The first kappa shape index (κ1) is 21.6. The van der Waals surface area contributed by atoms with Crippen molar-refractivity contribution in [3.05, 3.63) is 54.1 Å². The maximum Gasteiger partial charge on any atom is 0.435 e. The van der Waals surface area contributed by atoms with Crippen molar-refractivity contribution in [1.29, 1.82) is 0 Å². The van der Waals surface area contributed by atoms with Crippen LogP contribution in [0.1, 0.15) is 25.0 Å². The van der Waals surface area contributed by atoms with Crippen LogP contribution in [0.4, 0.5) is 9.18 Å². The molecule has 1 saturated heterocycles. The van der Waals surface area contributed by atoms with E-state index in [9.17, 15) is 18.8 Å². The summed E-state index contributed by atoms with van der Waals surface area (Å²) in [6.45, 7) is 0.617. The Morgan fingerprint density at radius 1 is 1.09 bits per heavy atom. The number of hydrogen-bond donors (Lipinski definition) is 1. The summed E-state index contributed by atoms with van der Waals surface area (Å²) in [5, 5.41) is 1.36. The molecule has 3 aromatic rings. The van der Waals surface area contributed by atoms with Gasteiger partial charge >= 0.3 is 6.09 Å². The van der Waals surface area contributed by atoms with Crippen LogP contribution in [-0.4, -0.2) is 58.0 Å². The molecule has 0 bridgehead atoms. The summed E-state index contributed by atoms with van der Waals surface area (Å²) in [6, 6.07) is 8.13. The highest BCUT2D eigenvalue weighted by atomic mass is 19.1. The van der Waals surface area contributed by atoms with E-state index in [1.165, 1.54) is 24.1 Å². The first-order valence-corrected chi connectivity index (χ1v) is 10.8. The third-order valence-corrected chi connectivity index (χ3v) is 5.97. The first-order chi connectivity index (χ1) is 16.4. The molecule has 0 unspecified atom stereocenters. The Morgan fingerprint density at radius 2 is 1.88 bits per heavy atom. The maximum atomic E-state index is 14.0. The zero-order valence-electron chi connectivity index (χ0n) is 18.3. The van der Waals surface area contributed by atoms with Crippen molar-refractivity contribution < 1.29 is 28.3 Å². The van der Waals surface area contributed by atoms with E-state index in [0.29, 0.717) is 35.0 Å². The van der Waals surface area contributed by atoms with Gasteiger partial charge in [0.25, 0.3) is 11.8 Å². The molecule has 5 rings (SSSR count). The van der Waals surface area contributed by atoms with Gasteiger partial charge in [-0.2, -0.15) is 0 Å². The number of ether oxygens (including phenoxy) is 1. The number of H-pyrrole nitrogens is 1. The maximum absolute atomic E-state index is 14.0. The number of hydroxylamine groups is 2. The number of nitrogens with zero attached hydrogens (tertiary/aromatic N) is 3. The van der Waals surface area contributed by atoms with Crippen molar-refractivity contribution >= 4 is 34.5 Å². The number of pyridine rings is 1. The lowest BCUT2D eigenvalue weighted by molar-refractivity contribution is -0.173. The predicted octanol–water partition coefficient (Wildman–Crippen LogP) is 3.67. The number of aromatic nitrogens is 2. The number of nitrogens with one attached hydrogen (secondary N) is 1. The van der Waals surface area contributed by atoms with Crippen molar-refractivity contribution in [3.63, 3.8) is 0 Å². The lowest BCUT2D eigenvalue weighted by atomic mass is 10.0. The van der Waals surface area contributed by atoms with Crippen LogP contribution < -0.4 is 4.74 Å². The molecule has 0 spiro atoms. The van der Waals surface area contributed by atoms with Gasteiger partial charge in [0.05, 0.1) is 7.11 Å². The molecule has 0 aliphatic carbocycles. The number of benzene rings is 1. The Balaban J connectivity index is 1.38. The molecule has 1 aromatic carbocycles. The first-order valence-electron chi connectivity index (χ1n) is 10.8. The fourth-order valence-electron chi connectivity index (χ4n) is 4.20. The molecule has 1 fully saturated rings. The SMILES string of the molecule is COc1ccc(F)cc1-c1ccnc2[nH]c(C3=CCN(C(=O)ON4C(=O)CCC4=O)CC3)cc12. The second kappa shape index (κ2) is 8.62. The van der Waals surface area contributed by atoms with Crippen LogP contribution in [0.5, 0.6) is 5.75 Å². The summed E-state index contributed by atoms with van der Waals surface area (Å²) >= 11 is 0. The Labute approximate surface area is 193 Å². The van der Waals surface area contributed by atoms with Gasteiger partial charge in [-0.3, -0.25) is 9.59 Å². The number of imide groups is 1. The largest absolute Gasteiger partial charge is 0.496 e. The number of amides is 3. The van der Waals surface area contributed by atoms with E-state index in [1.54, 1.807) is 12.3 Å². The highest BCUT2D eigenvalue weighted by Gasteiger charge is 2.34. The number of methoxy groups -OCH3 is 1. The molecule has 0 atom stereocenters. The summed E-state index contributed by atoms with van der Waals surface area (Å²) in [4.78, 5) is 49.8. The van der Waals surface area contributed by atoms with Gasteiger partial charge in [-0.15, -0.1) is 5.06 Å². The summed E-state index contributed by atoms with van der Waals surface area (Å²) in [5.74, 6) is -0.834. The number of hydrogen-bond acceptors (Lipinski definition) is 6. The third kappa shape index (κ3) is 3.87. The molecule has 2 aromatic heterocycles. The number of carbonyl (C=O) groups excluding carboxylic acids is 3. The van der Waals surface area contributed by atoms with E-state index < -0.39 is 17.9 Å². The molecule has 0 radical (unpaired) electrons. The van der Waals surface area contributed by atoms with E-state index in [4.69, 9.17) is 9.57 Å². The number of aromatic amines is 1. The molecule has 10 heteroatoms. The van der Waals surface area contributed by atoms with Crippen LogP contribution in [0.3, 0.4) is 0 Å². The van der Waals surface area contributed by atoms with Gasteiger partial charge in [-0.05, 0) is 47.9 Å². The third-order valence-electron chi connectivity index (χ3n) is 5.97. The zero-order chi connectivity index (χ0) is 23.8. The molecule has 34 heavy (non-hydrogen) atoms. The lowest BCUT2D eigenvalue weighted by Gasteiger charge is -2.26. The molecule has 2 aliphatic heterocycles. The number of rotatable bonds is 4. The Morgan fingerprint density at radius 3 is 2.59 bits per heavy atom. The Kier molecular flexibility index (Phi) is 5.48. The van der Waals surface area contributed by atoms with Crippen LogP contribution in [0.25, 0.3) is 27.7 Å². The van der Waals surface area contributed by atoms with Crippen molar-refractivity contribution in [2.24, 2.45) is 0 Å². The summed E-state index contributed by atoms with van der Waals surface area (Å²) in [6.07, 6.45) is 3.42. The van der Waals surface area contributed by atoms with E-state index >= 15 is 0 Å². The molecule has 1 N–H and O–H groups in total. The van der Waals surface area contributed by atoms with E-state index in [1.807, 2.05) is 18.2 Å². The number of fused-ring (bicyclic) bond motifs is 1. The topological polar surface area (TPSA) is 105 Å². The van der Waals surface area contributed by atoms with E-state index in [2.05, 4.69) is 9.97 Å². The minimum atomic E-state index is -0.738. The van der Waals surface area contributed by atoms with Gasteiger partial charge in [0, 0.05) is 48.8 Å². The van der Waals surface area contributed by atoms with Crippen LogP contribution in [0.15, 0.2) is 42.6 Å². The Hall–Kier alpha value is -4.21. The summed E-state index contributed by atoms with van der Waals surface area (Å²) < 4.78 is 19.4. The van der Waals surface area contributed by atoms with Gasteiger partial charge in [-0.1, -0.05) is 6.08 Å². The van der Waals surface area contributed by atoms with Crippen molar-refractivity contribution in [1.82, 2.24) is 19.9 Å². The monoisotopic (exact) mass is 464 g/mol. The molecule has 9 nitrogen and oxygen atoms in total. The average Bonchev–Trinajstić information content (AvgIpc) is 3.42. The molecule has 2 aliphatic rings. The number of halogens is 1. The molecule has 0 saturated carbocycles. The molecule has 174 valence electrons. The van der Waals surface area contributed by atoms with Gasteiger partial charge in [0.1, 0.15) is 17.2 Å². The van der Waals surface area contributed by atoms with Crippen LogP contribution in [0.2, 0.25) is 0 Å². The second-order valence-corrected chi connectivity index (χ2v) is 8.01. The van der Waals surface area contributed by atoms with Crippen LogP contribution in [0, 0.1) is 5.82 Å². The molecular formula is C24H21FN4O5. The van der Waals surface area contributed by atoms with Gasteiger partial charge in [0.15, 0.2) is 0 Å². The number of carbonyl (C=O) groups is 3. The Bertz CT molecular complexity index is 1330.